The predicted molar refractivity (Wildman–Crippen MR) is 111 cm³/mol. The third kappa shape index (κ3) is 5.90. The summed E-state index contributed by atoms with van der Waals surface area (Å²) in [7, 11) is 0. The number of aliphatic hydroxyl groups excluding tert-OH is 1. The number of rotatable bonds is 6. The minimum atomic E-state index is 0. The van der Waals surface area contributed by atoms with Crippen molar-refractivity contribution < 1.29 is 5.11 Å². The molecule has 0 spiro atoms. The van der Waals surface area contributed by atoms with E-state index in [4.69, 9.17) is 10.1 Å². The first-order valence-corrected chi connectivity index (χ1v) is 8.88. The second-order valence-corrected chi connectivity index (χ2v) is 6.76. The summed E-state index contributed by atoms with van der Waals surface area (Å²) in [6, 6.07) is 8.68. The van der Waals surface area contributed by atoms with E-state index in [2.05, 4.69) is 57.8 Å². The van der Waals surface area contributed by atoms with E-state index in [0.29, 0.717) is 6.54 Å². The van der Waals surface area contributed by atoms with Crippen LogP contribution in [0.5, 0.6) is 0 Å². The monoisotopic (exact) mass is 495 g/mol. The molecule has 1 fully saturated rings. The molecule has 130 valence electrons. The van der Waals surface area contributed by atoms with Crippen LogP contribution in [0.3, 0.4) is 0 Å². The van der Waals surface area contributed by atoms with E-state index >= 15 is 0 Å². The molecule has 0 radical (unpaired) electrons. The molecule has 0 atom stereocenters. The zero-order valence-corrected chi connectivity index (χ0v) is 17.6. The van der Waals surface area contributed by atoms with Crippen molar-refractivity contribution in [1.82, 2.24) is 10.6 Å². The van der Waals surface area contributed by atoms with Crippen molar-refractivity contribution in [3.63, 3.8) is 0 Å². The molecule has 23 heavy (non-hydrogen) atoms. The number of hydrogen-bond donors (Lipinski definition) is 3. The van der Waals surface area contributed by atoms with Gasteiger partial charge in [-0.05, 0) is 37.5 Å². The van der Waals surface area contributed by atoms with E-state index in [1.54, 1.807) is 0 Å². The van der Waals surface area contributed by atoms with Gasteiger partial charge >= 0.3 is 0 Å². The molecule has 1 aromatic carbocycles. The van der Waals surface area contributed by atoms with Gasteiger partial charge in [0.15, 0.2) is 5.96 Å². The van der Waals surface area contributed by atoms with Crippen LogP contribution >= 0.6 is 39.9 Å². The number of aliphatic hydroxyl groups is 1. The van der Waals surface area contributed by atoms with Crippen LogP contribution in [0.25, 0.3) is 0 Å². The lowest BCUT2D eigenvalue weighted by Gasteiger charge is -2.28. The highest BCUT2D eigenvalue weighted by atomic mass is 127. The molecule has 0 aliphatic heterocycles. The van der Waals surface area contributed by atoms with Crippen molar-refractivity contribution in [3.05, 3.63) is 34.3 Å². The maximum absolute atomic E-state index is 8.97. The molecule has 1 saturated carbocycles. The fourth-order valence-electron chi connectivity index (χ4n) is 3.14. The Morgan fingerprint density at radius 3 is 2.43 bits per heavy atom. The van der Waals surface area contributed by atoms with E-state index < -0.39 is 0 Å². The largest absolute Gasteiger partial charge is 0.395 e. The first kappa shape index (κ1) is 20.7. The van der Waals surface area contributed by atoms with Crippen LogP contribution in [0.4, 0.5) is 0 Å². The van der Waals surface area contributed by atoms with Crippen molar-refractivity contribution >= 4 is 45.9 Å². The number of benzene rings is 1. The number of guanidine groups is 1. The molecule has 1 aromatic rings. The Kier molecular flexibility index (Phi) is 9.46. The first-order chi connectivity index (χ1) is 10.7. The SMILES string of the molecule is CCNC(=NCC1(c2ccc(Br)cc2)CCCC1)NCCO.I. The fraction of sp³-hybridized carbons (Fsp3) is 0.588. The molecule has 0 heterocycles. The molecule has 6 heteroatoms. The van der Waals surface area contributed by atoms with Crippen LogP contribution in [0.1, 0.15) is 38.2 Å². The molecule has 4 nitrogen and oxygen atoms in total. The van der Waals surface area contributed by atoms with Crippen LogP contribution in [0.2, 0.25) is 0 Å². The lowest BCUT2D eigenvalue weighted by molar-refractivity contribution is 0.300. The zero-order valence-electron chi connectivity index (χ0n) is 13.6. The van der Waals surface area contributed by atoms with Crippen LogP contribution in [0.15, 0.2) is 33.7 Å². The number of nitrogens with zero attached hydrogens (tertiary/aromatic N) is 1. The summed E-state index contributed by atoms with van der Waals surface area (Å²) in [5, 5.41) is 15.4. The number of halogens is 2. The van der Waals surface area contributed by atoms with Gasteiger partial charge in [-0.25, -0.2) is 0 Å². The first-order valence-electron chi connectivity index (χ1n) is 8.09. The summed E-state index contributed by atoms with van der Waals surface area (Å²) >= 11 is 3.51. The van der Waals surface area contributed by atoms with Crippen LogP contribution < -0.4 is 10.6 Å². The zero-order chi connectivity index (χ0) is 15.8. The summed E-state index contributed by atoms with van der Waals surface area (Å²) < 4.78 is 1.12. The van der Waals surface area contributed by atoms with Gasteiger partial charge in [0.25, 0.3) is 0 Å². The molecule has 3 N–H and O–H groups in total. The van der Waals surface area contributed by atoms with Crippen LogP contribution in [-0.2, 0) is 5.41 Å². The third-order valence-electron chi connectivity index (χ3n) is 4.31. The van der Waals surface area contributed by atoms with E-state index in [0.717, 1.165) is 23.5 Å². The van der Waals surface area contributed by atoms with Crippen molar-refractivity contribution in [2.45, 2.75) is 38.0 Å². The highest BCUT2D eigenvalue weighted by Crippen LogP contribution is 2.41. The molecule has 0 aromatic heterocycles. The average molecular weight is 496 g/mol. The highest BCUT2D eigenvalue weighted by molar-refractivity contribution is 14.0. The summed E-state index contributed by atoms with van der Waals surface area (Å²) in [4.78, 5) is 4.78. The lowest BCUT2D eigenvalue weighted by Crippen LogP contribution is -2.40. The maximum atomic E-state index is 8.97. The van der Waals surface area contributed by atoms with Crippen molar-refractivity contribution in [2.24, 2.45) is 4.99 Å². The molecular weight excluding hydrogens is 469 g/mol. The smallest absolute Gasteiger partial charge is 0.191 e. The minimum absolute atomic E-state index is 0. The Bertz CT molecular complexity index is 487. The molecule has 1 aliphatic carbocycles. The normalized spacial score (nSPS) is 16.7. The van der Waals surface area contributed by atoms with Gasteiger partial charge in [-0.15, -0.1) is 24.0 Å². The van der Waals surface area contributed by atoms with Crippen molar-refractivity contribution in [2.75, 3.05) is 26.2 Å². The average Bonchev–Trinajstić information content (AvgIpc) is 3.01. The van der Waals surface area contributed by atoms with Gasteiger partial charge in [0.2, 0.25) is 0 Å². The van der Waals surface area contributed by atoms with Gasteiger partial charge in [0.1, 0.15) is 0 Å². The number of nitrogens with one attached hydrogen (secondary N) is 2. The van der Waals surface area contributed by atoms with Gasteiger partial charge in [0.05, 0.1) is 13.2 Å². The van der Waals surface area contributed by atoms with Gasteiger partial charge in [-0.1, -0.05) is 40.9 Å². The predicted octanol–water partition coefficient (Wildman–Crippen LogP) is 3.43. The van der Waals surface area contributed by atoms with Gasteiger partial charge in [-0.3, -0.25) is 4.99 Å². The summed E-state index contributed by atoms with van der Waals surface area (Å²) in [6.45, 7) is 4.30. The maximum Gasteiger partial charge on any atom is 0.191 e. The molecule has 0 unspecified atom stereocenters. The van der Waals surface area contributed by atoms with Crippen LogP contribution in [0, 0.1) is 0 Å². The fourth-order valence-corrected chi connectivity index (χ4v) is 3.40. The second-order valence-electron chi connectivity index (χ2n) is 5.84. The molecule has 0 saturated heterocycles. The molecule has 2 rings (SSSR count). The number of aliphatic imine (C=N–C) groups is 1. The summed E-state index contributed by atoms with van der Waals surface area (Å²) in [6.07, 6.45) is 4.92. The summed E-state index contributed by atoms with van der Waals surface area (Å²) in [5.74, 6) is 0.792. The number of hydrogen-bond acceptors (Lipinski definition) is 2. The standard InChI is InChI=1S/C17H26BrN3O.HI/c1-2-19-16(20-11-12-22)21-13-17(9-3-4-10-17)14-5-7-15(18)8-6-14;/h5-8,22H,2-4,9-13H2,1H3,(H2,19,20,21);1H. The molecule has 0 bridgehead atoms. The molecular formula is C17H27BrIN3O. The Morgan fingerprint density at radius 2 is 1.87 bits per heavy atom. The quantitative estimate of drug-likeness (QED) is 0.322. The highest BCUT2D eigenvalue weighted by Gasteiger charge is 2.35. The van der Waals surface area contributed by atoms with Crippen molar-refractivity contribution in [3.8, 4) is 0 Å². The minimum Gasteiger partial charge on any atom is -0.395 e. The van der Waals surface area contributed by atoms with E-state index in [-0.39, 0.29) is 36.0 Å². The van der Waals surface area contributed by atoms with Crippen molar-refractivity contribution in [1.29, 1.82) is 0 Å². The van der Waals surface area contributed by atoms with E-state index in [1.165, 1.54) is 31.2 Å². The third-order valence-corrected chi connectivity index (χ3v) is 4.83. The van der Waals surface area contributed by atoms with E-state index in [9.17, 15) is 0 Å². The van der Waals surface area contributed by atoms with Gasteiger partial charge < -0.3 is 15.7 Å². The Labute approximate surface area is 164 Å². The van der Waals surface area contributed by atoms with Gasteiger partial charge in [-0.2, -0.15) is 0 Å². The topological polar surface area (TPSA) is 56.7 Å². The lowest BCUT2D eigenvalue weighted by atomic mass is 9.79. The molecule has 1 aliphatic rings. The van der Waals surface area contributed by atoms with E-state index in [1.807, 2.05) is 0 Å². The molecule has 0 amide bonds. The van der Waals surface area contributed by atoms with Gasteiger partial charge in [0, 0.05) is 23.0 Å². The second kappa shape index (κ2) is 10.5. The van der Waals surface area contributed by atoms with Crippen LogP contribution in [-0.4, -0.2) is 37.3 Å². The summed E-state index contributed by atoms with van der Waals surface area (Å²) in [5.41, 5.74) is 1.54. The Hall–Kier alpha value is -0.340. The Balaban J connectivity index is 0.00000264. The Morgan fingerprint density at radius 1 is 1.22 bits per heavy atom.